The van der Waals surface area contributed by atoms with Gasteiger partial charge in [-0.25, -0.2) is 4.79 Å². The third kappa shape index (κ3) is 9.24. The Hall–Kier alpha value is -3.52. The third-order valence-corrected chi connectivity index (χ3v) is 10.2. The molecule has 4 heterocycles. The van der Waals surface area contributed by atoms with Crippen LogP contribution in [-0.4, -0.2) is 104 Å². The average Bonchev–Trinajstić information content (AvgIpc) is 3.45. The highest BCUT2D eigenvalue weighted by Crippen LogP contribution is 2.43. The van der Waals surface area contributed by atoms with E-state index in [1.807, 2.05) is 26.8 Å². The minimum atomic E-state index is -0.836. The smallest absolute Gasteiger partial charge is 0.414 e. The van der Waals surface area contributed by atoms with Crippen LogP contribution in [0.5, 0.6) is 0 Å². The van der Waals surface area contributed by atoms with Crippen LogP contribution in [0.15, 0.2) is 35.8 Å². The van der Waals surface area contributed by atoms with E-state index in [2.05, 4.69) is 10.6 Å². The molecule has 0 saturated carbocycles. The van der Waals surface area contributed by atoms with E-state index in [9.17, 15) is 24.3 Å². The van der Waals surface area contributed by atoms with Crippen molar-refractivity contribution in [3.05, 3.63) is 78.7 Å². The summed E-state index contributed by atoms with van der Waals surface area (Å²) >= 11 is 23.6. The molecule has 2 saturated heterocycles. The van der Waals surface area contributed by atoms with Gasteiger partial charge in [-0.2, -0.15) is 0 Å². The maximum atomic E-state index is 12.9. The summed E-state index contributed by atoms with van der Waals surface area (Å²) in [5.74, 6) is -0.314. The first-order chi connectivity index (χ1) is 24.8. The van der Waals surface area contributed by atoms with Crippen molar-refractivity contribution in [1.82, 2.24) is 20.4 Å². The zero-order chi connectivity index (χ0) is 39.4. The number of carbonyl (C=O) groups is 4. The fourth-order valence-electron chi connectivity index (χ4n) is 6.55. The van der Waals surface area contributed by atoms with E-state index in [0.29, 0.717) is 63.6 Å². The lowest BCUT2D eigenvalue weighted by Crippen LogP contribution is -2.51. The molecule has 2 spiro atoms. The summed E-state index contributed by atoms with van der Waals surface area (Å²) in [6, 6.07) is 7.05. The van der Waals surface area contributed by atoms with Gasteiger partial charge in [0.25, 0.3) is 11.8 Å². The van der Waals surface area contributed by atoms with Crippen LogP contribution in [0.1, 0.15) is 53.5 Å². The van der Waals surface area contributed by atoms with E-state index < -0.39 is 22.5 Å². The second-order valence-electron chi connectivity index (χ2n) is 13.7. The topological polar surface area (TPSA) is 147 Å². The number of rotatable bonds is 3. The molecular formula is C37H44Cl4N4O8. The molecule has 2 aromatic carbocycles. The molecule has 2 unspecified atom stereocenters. The van der Waals surface area contributed by atoms with E-state index in [0.717, 1.165) is 29.5 Å². The molecule has 2 atom stereocenters. The summed E-state index contributed by atoms with van der Waals surface area (Å²) in [6.07, 6.45) is 2.29. The third-order valence-electron chi connectivity index (χ3n) is 9.08. The number of hydrogen-bond donors (Lipinski definition) is 3. The number of aliphatic hydroxyl groups is 1. The number of halogens is 4. The summed E-state index contributed by atoms with van der Waals surface area (Å²) < 4.78 is 16.7. The fraction of sp³-hybridized carbons (Fsp3) is 0.459. The molecule has 12 nitrogen and oxygen atoms in total. The van der Waals surface area contributed by atoms with E-state index in [4.69, 9.17) is 60.6 Å². The molecule has 0 radical (unpaired) electrons. The molecule has 288 valence electrons. The summed E-state index contributed by atoms with van der Waals surface area (Å²) in [4.78, 5) is 50.0. The molecule has 0 aromatic heterocycles. The van der Waals surface area contributed by atoms with Gasteiger partial charge in [0.05, 0.1) is 29.4 Å². The predicted molar refractivity (Wildman–Crippen MR) is 206 cm³/mol. The molecule has 53 heavy (non-hydrogen) atoms. The van der Waals surface area contributed by atoms with Crippen molar-refractivity contribution in [3.63, 3.8) is 0 Å². The molecule has 6 rings (SSSR count). The Kier molecular flexibility index (Phi) is 13.8. The lowest BCUT2D eigenvalue weighted by molar-refractivity contribution is -0.118. The van der Waals surface area contributed by atoms with Gasteiger partial charge in [0.2, 0.25) is 0 Å². The van der Waals surface area contributed by atoms with Gasteiger partial charge in [-0.3, -0.25) is 14.4 Å². The van der Waals surface area contributed by atoms with Gasteiger partial charge >= 0.3 is 11.5 Å². The average molecular weight is 815 g/mol. The predicted octanol–water partition coefficient (Wildman–Crippen LogP) is 7.20. The van der Waals surface area contributed by atoms with Crippen molar-refractivity contribution in [2.24, 2.45) is 0 Å². The summed E-state index contributed by atoms with van der Waals surface area (Å²) in [7, 11) is 6.38. The fourth-order valence-corrected chi connectivity index (χ4v) is 7.66. The molecule has 0 bridgehead atoms. The molecule has 0 aliphatic carbocycles. The minimum Gasteiger partial charge on any atom is -0.509 e. The van der Waals surface area contributed by atoms with Gasteiger partial charge < -0.3 is 39.8 Å². The van der Waals surface area contributed by atoms with Crippen LogP contribution in [0.25, 0.3) is 11.1 Å². The molecule has 2 fully saturated rings. The molecule has 3 N–H and O–H groups in total. The summed E-state index contributed by atoms with van der Waals surface area (Å²) in [5, 5.41) is 17.3. The first kappa shape index (κ1) is 42.2. The van der Waals surface area contributed by atoms with Crippen molar-refractivity contribution in [3.8, 4) is 0 Å². The van der Waals surface area contributed by atoms with E-state index in [1.165, 1.54) is 9.80 Å². The summed E-state index contributed by atoms with van der Waals surface area (Å²) in [5.41, 5.74) is 2.60. The Morgan fingerprint density at radius 1 is 0.774 bits per heavy atom. The number of amides is 4. The zero-order valence-electron chi connectivity index (χ0n) is 30.7. The highest BCUT2D eigenvalue weighted by atomic mass is 35.5. The maximum absolute atomic E-state index is 12.9. The van der Waals surface area contributed by atoms with Crippen molar-refractivity contribution in [2.75, 3.05) is 54.6 Å². The molecule has 4 aliphatic rings. The van der Waals surface area contributed by atoms with Gasteiger partial charge in [0.15, 0.2) is 5.76 Å². The number of ether oxygens (including phenoxy) is 3. The highest BCUT2D eigenvalue weighted by Gasteiger charge is 2.50. The Morgan fingerprint density at radius 3 is 1.75 bits per heavy atom. The number of hydrogen-bond acceptors (Lipinski definition) is 8. The molecule has 4 aliphatic heterocycles. The standard InChI is InChI=1S/C19H23ClN2O4.C15H15Cl2NO3.C3H6ClNO/c1-11-8-12(2)14(13(20)9-11)15-16(26-18(24)22(3)4)19(21-17(15)23)6-5-7-25-10-19;1-8-5-9(16)6-10(17)11(8)12-13(19)15(18-14(12)20)3-2-4-21-7-15;1-5(2)3(4)6/h8-9H,5-7,10H2,1-4H3,(H,21,23);5-6,19H,2-4,7H2,1H3,(H,18,20);1-2H3. The number of nitrogens with zero attached hydrogens (tertiary/aromatic N) is 2. The van der Waals surface area contributed by atoms with Crippen LogP contribution < -0.4 is 10.6 Å². The van der Waals surface area contributed by atoms with Crippen LogP contribution in [0.3, 0.4) is 0 Å². The van der Waals surface area contributed by atoms with Crippen molar-refractivity contribution in [1.29, 1.82) is 0 Å². The number of nitrogens with one attached hydrogen (secondary N) is 2. The van der Waals surface area contributed by atoms with Gasteiger partial charge in [-0.05, 0) is 92.9 Å². The van der Waals surface area contributed by atoms with E-state index in [-0.39, 0.29) is 36.4 Å². The van der Waals surface area contributed by atoms with E-state index >= 15 is 0 Å². The van der Waals surface area contributed by atoms with Crippen molar-refractivity contribution in [2.45, 2.75) is 57.5 Å². The lowest BCUT2D eigenvalue weighted by atomic mass is 9.89. The van der Waals surface area contributed by atoms with Gasteiger partial charge in [0, 0.05) is 62.6 Å². The van der Waals surface area contributed by atoms with Gasteiger partial charge in [0.1, 0.15) is 16.8 Å². The highest BCUT2D eigenvalue weighted by molar-refractivity contribution is 6.62. The van der Waals surface area contributed by atoms with Gasteiger partial charge in [-0.15, -0.1) is 0 Å². The first-order valence-electron chi connectivity index (χ1n) is 16.8. The van der Waals surface area contributed by atoms with Crippen molar-refractivity contribution < 1.29 is 38.5 Å². The monoisotopic (exact) mass is 812 g/mol. The van der Waals surface area contributed by atoms with Crippen LogP contribution in [-0.2, 0) is 23.8 Å². The second kappa shape index (κ2) is 17.3. The Bertz CT molecular complexity index is 1800. The number of aliphatic hydroxyl groups excluding tert-OH is 1. The van der Waals surface area contributed by atoms with Crippen LogP contribution in [0.4, 0.5) is 9.59 Å². The minimum absolute atomic E-state index is 0.0134. The number of benzene rings is 2. The number of aryl methyl sites for hydroxylation is 3. The summed E-state index contributed by atoms with van der Waals surface area (Å²) in [6.45, 7) is 7.44. The zero-order valence-corrected chi connectivity index (χ0v) is 33.7. The van der Waals surface area contributed by atoms with Crippen molar-refractivity contribution >= 4 is 80.8 Å². The lowest BCUT2D eigenvalue weighted by Gasteiger charge is -2.35. The molecule has 16 heteroatoms. The maximum Gasteiger partial charge on any atom is 0.414 e. The Morgan fingerprint density at radius 2 is 1.26 bits per heavy atom. The SMILES string of the molecule is CN(C)C(=O)Cl.Cc1cc(C)c(C2=C(OC(=O)N(C)C)C3(CCCOC3)NC2=O)c(Cl)c1.Cc1cc(Cl)cc(Cl)c1C1=C(O)C2(CCCOC2)NC1=O. The normalized spacial score (nSPS) is 22.1. The number of carbonyl (C=O) groups excluding carboxylic acids is 4. The molecule has 4 amide bonds. The molecular weight excluding hydrogens is 770 g/mol. The Labute approximate surface area is 329 Å². The van der Waals surface area contributed by atoms with Gasteiger partial charge in [-0.1, -0.05) is 40.9 Å². The quantitative estimate of drug-likeness (QED) is 0.218. The van der Waals surface area contributed by atoms with Crippen LogP contribution in [0.2, 0.25) is 15.1 Å². The van der Waals surface area contributed by atoms with E-state index in [1.54, 1.807) is 46.4 Å². The first-order valence-corrected chi connectivity index (χ1v) is 18.3. The largest absolute Gasteiger partial charge is 0.509 e. The van der Waals surface area contributed by atoms with Crippen LogP contribution in [0, 0.1) is 20.8 Å². The second-order valence-corrected chi connectivity index (χ2v) is 15.3. The molecule has 2 aromatic rings. The Balaban J connectivity index is 0.000000209. The van der Waals surface area contributed by atoms with Crippen LogP contribution >= 0.6 is 46.4 Å².